The van der Waals surface area contributed by atoms with Crippen LogP contribution in [-0.4, -0.2) is 34.0 Å². The first-order valence-electron chi connectivity index (χ1n) is 7.08. The molecular formula is C14H26N4O. The van der Waals surface area contributed by atoms with Crippen LogP contribution in [0.5, 0.6) is 0 Å². The Bertz CT molecular complexity index is 413. The fourth-order valence-electron chi connectivity index (χ4n) is 2.77. The number of rotatable bonds is 6. The number of hydrogen-bond donors (Lipinski definition) is 1. The predicted octanol–water partition coefficient (Wildman–Crippen LogP) is 1.84. The van der Waals surface area contributed by atoms with E-state index in [-0.39, 0.29) is 5.41 Å². The summed E-state index contributed by atoms with van der Waals surface area (Å²) in [4.78, 5) is 4.34. The average Bonchev–Trinajstić information content (AvgIpc) is 2.74. The van der Waals surface area contributed by atoms with Crippen molar-refractivity contribution in [1.82, 2.24) is 20.1 Å². The first-order chi connectivity index (χ1) is 8.95. The molecule has 0 bridgehead atoms. The van der Waals surface area contributed by atoms with E-state index in [1.165, 1.54) is 0 Å². The maximum atomic E-state index is 5.47. The Labute approximate surface area is 115 Å². The van der Waals surface area contributed by atoms with Crippen molar-refractivity contribution >= 4 is 0 Å². The molecule has 19 heavy (non-hydrogen) atoms. The molecule has 0 aromatic carbocycles. The normalized spacial score (nSPS) is 25.6. The lowest BCUT2D eigenvalue weighted by molar-refractivity contribution is -0.0981. The lowest BCUT2D eigenvalue weighted by atomic mass is 9.64. The van der Waals surface area contributed by atoms with Gasteiger partial charge in [-0.15, -0.1) is 0 Å². The molecule has 0 spiro atoms. The van der Waals surface area contributed by atoms with Crippen LogP contribution in [-0.2, 0) is 17.8 Å². The number of methoxy groups -OCH3 is 1. The van der Waals surface area contributed by atoms with Crippen LogP contribution in [0.1, 0.15) is 39.9 Å². The van der Waals surface area contributed by atoms with Crippen LogP contribution in [0.3, 0.4) is 0 Å². The summed E-state index contributed by atoms with van der Waals surface area (Å²) in [5, 5.41) is 7.87. The molecule has 1 aliphatic carbocycles. The molecule has 2 atom stereocenters. The van der Waals surface area contributed by atoms with E-state index in [1.54, 1.807) is 13.4 Å². The van der Waals surface area contributed by atoms with E-state index in [1.807, 2.05) is 4.68 Å². The van der Waals surface area contributed by atoms with E-state index in [2.05, 4.69) is 43.1 Å². The molecule has 1 N–H and O–H groups in total. The van der Waals surface area contributed by atoms with Crippen LogP contribution in [0.2, 0.25) is 0 Å². The van der Waals surface area contributed by atoms with Crippen LogP contribution in [0, 0.1) is 11.3 Å². The Morgan fingerprint density at radius 3 is 2.84 bits per heavy atom. The molecule has 0 aliphatic heterocycles. The minimum absolute atomic E-state index is 0.192. The van der Waals surface area contributed by atoms with Crippen LogP contribution in [0.4, 0.5) is 0 Å². The zero-order valence-corrected chi connectivity index (χ0v) is 12.7. The molecule has 1 aromatic heterocycles. The van der Waals surface area contributed by atoms with Crippen molar-refractivity contribution in [2.75, 3.05) is 7.11 Å². The zero-order chi connectivity index (χ0) is 14.0. The summed E-state index contributed by atoms with van der Waals surface area (Å²) in [5.74, 6) is 1.60. The minimum Gasteiger partial charge on any atom is -0.381 e. The third-order valence-corrected chi connectivity index (χ3v) is 4.20. The van der Waals surface area contributed by atoms with Gasteiger partial charge in [0, 0.05) is 25.1 Å². The molecule has 5 heteroatoms. The number of ether oxygens (including phenoxy) is 1. The topological polar surface area (TPSA) is 52.0 Å². The third kappa shape index (κ3) is 2.98. The summed E-state index contributed by atoms with van der Waals surface area (Å²) in [5.41, 5.74) is 0.192. The smallest absolute Gasteiger partial charge is 0.140 e. The molecular weight excluding hydrogens is 240 g/mol. The number of nitrogens with zero attached hydrogens (tertiary/aromatic N) is 3. The molecule has 1 aromatic rings. The average molecular weight is 266 g/mol. The molecule has 2 rings (SSSR count). The van der Waals surface area contributed by atoms with Crippen LogP contribution in [0.15, 0.2) is 6.33 Å². The highest BCUT2D eigenvalue weighted by atomic mass is 16.5. The second-order valence-electron chi connectivity index (χ2n) is 6.47. The van der Waals surface area contributed by atoms with E-state index >= 15 is 0 Å². The molecule has 0 radical (unpaired) electrons. The molecule has 108 valence electrons. The van der Waals surface area contributed by atoms with Gasteiger partial charge in [-0.3, -0.25) is 0 Å². The highest BCUT2D eigenvalue weighted by molar-refractivity contribution is 5.03. The van der Waals surface area contributed by atoms with E-state index < -0.39 is 0 Å². The predicted molar refractivity (Wildman–Crippen MR) is 74.7 cm³/mol. The number of hydrogen-bond acceptors (Lipinski definition) is 4. The molecule has 5 nitrogen and oxygen atoms in total. The largest absolute Gasteiger partial charge is 0.381 e. The van der Waals surface area contributed by atoms with Crippen molar-refractivity contribution in [3.8, 4) is 0 Å². The van der Waals surface area contributed by atoms with Gasteiger partial charge >= 0.3 is 0 Å². The first kappa shape index (κ1) is 14.5. The fraction of sp³-hybridized carbons (Fsp3) is 0.857. The van der Waals surface area contributed by atoms with Crippen molar-refractivity contribution in [2.45, 2.75) is 59.4 Å². The molecule has 2 unspecified atom stereocenters. The summed E-state index contributed by atoms with van der Waals surface area (Å²) in [6.07, 6.45) is 3.07. The molecule has 0 amide bonds. The number of aromatic nitrogens is 3. The van der Waals surface area contributed by atoms with Gasteiger partial charge in [0.25, 0.3) is 0 Å². The Morgan fingerprint density at radius 1 is 1.53 bits per heavy atom. The fourth-order valence-corrected chi connectivity index (χ4v) is 2.77. The standard InChI is InChI=1S/C14H26N4O/c1-10(2)8-18-13(16-9-17-18)7-15-11-6-12(19-5)14(11,3)4/h9-12,15H,6-8H2,1-5H3. The van der Waals surface area contributed by atoms with Crippen molar-refractivity contribution in [2.24, 2.45) is 11.3 Å². The zero-order valence-electron chi connectivity index (χ0n) is 12.7. The first-order valence-corrected chi connectivity index (χ1v) is 7.08. The van der Waals surface area contributed by atoms with E-state index in [9.17, 15) is 0 Å². The van der Waals surface area contributed by atoms with Gasteiger partial charge in [-0.1, -0.05) is 27.7 Å². The minimum atomic E-state index is 0.192. The Hall–Kier alpha value is -0.940. The lowest BCUT2D eigenvalue weighted by Gasteiger charge is -2.51. The van der Waals surface area contributed by atoms with Gasteiger partial charge < -0.3 is 10.1 Å². The van der Waals surface area contributed by atoms with Gasteiger partial charge in [0.1, 0.15) is 12.2 Å². The Balaban J connectivity index is 1.88. The van der Waals surface area contributed by atoms with Gasteiger partial charge in [0.15, 0.2) is 0 Å². The Kier molecular flexibility index (Phi) is 4.26. The Morgan fingerprint density at radius 2 is 2.26 bits per heavy atom. The van der Waals surface area contributed by atoms with Crippen molar-refractivity contribution < 1.29 is 4.74 Å². The summed E-state index contributed by atoms with van der Waals surface area (Å²) < 4.78 is 7.47. The lowest BCUT2D eigenvalue weighted by Crippen LogP contribution is -2.60. The SMILES string of the molecule is COC1CC(NCc2ncnn2CC(C)C)C1(C)C. The second kappa shape index (κ2) is 5.59. The summed E-state index contributed by atoms with van der Waals surface area (Å²) in [6, 6.07) is 0.488. The second-order valence-corrected chi connectivity index (χ2v) is 6.47. The highest BCUT2D eigenvalue weighted by Gasteiger charge is 2.48. The number of nitrogens with one attached hydrogen (secondary N) is 1. The molecule has 1 aliphatic rings. The summed E-state index contributed by atoms with van der Waals surface area (Å²) >= 11 is 0. The van der Waals surface area contributed by atoms with Crippen molar-refractivity contribution in [1.29, 1.82) is 0 Å². The van der Waals surface area contributed by atoms with Gasteiger partial charge in [-0.2, -0.15) is 5.10 Å². The van der Waals surface area contributed by atoms with Crippen molar-refractivity contribution in [3.05, 3.63) is 12.2 Å². The van der Waals surface area contributed by atoms with Gasteiger partial charge in [-0.05, 0) is 12.3 Å². The van der Waals surface area contributed by atoms with E-state index in [4.69, 9.17) is 4.74 Å². The summed E-state index contributed by atoms with van der Waals surface area (Å²) in [6.45, 7) is 10.6. The monoisotopic (exact) mass is 266 g/mol. The van der Waals surface area contributed by atoms with Crippen LogP contribution < -0.4 is 5.32 Å². The van der Waals surface area contributed by atoms with Gasteiger partial charge in [0.2, 0.25) is 0 Å². The molecule has 0 saturated heterocycles. The molecule has 1 saturated carbocycles. The van der Waals surface area contributed by atoms with Gasteiger partial charge in [-0.25, -0.2) is 9.67 Å². The quantitative estimate of drug-likeness (QED) is 0.853. The van der Waals surface area contributed by atoms with E-state index in [0.29, 0.717) is 18.1 Å². The van der Waals surface area contributed by atoms with Crippen LogP contribution >= 0.6 is 0 Å². The summed E-state index contributed by atoms with van der Waals surface area (Å²) in [7, 11) is 1.79. The molecule has 1 fully saturated rings. The highest BCUT2D eigenvalue weighted by Crippen LogP contribution is 2.42. The van der Waals surface area contributed by atoms with Crippen LogP contribution in [0.25, 0.3) is 0 Å². The van der Waals surface area contributed by atoms with E-state index in [0.717, 1.165) is 25.3 Å². The maximum Gasteiger partial charge on any atom is 0.140 e. The maximum absolute atomic E-state index is 5.47. The molecule has 1 heterocycles. The third-order valence-electron chi connectivity index (χ3n) is 4.20. The van der Waals surface area contributed by atoms with Crippen molar-refractivity contribution in [3.63, 3.8) is 0 Å². The van der Waals surface area contributed by atoms with Gasteiger partial charge in [0.05, 0.1) is 12.6 Å².